The minimum absolute atomic E-state index is 0.129. The molecule has 3 N–H and O–H groups in total. The first-order valence-corrected chi connectivity index (χ1v) is 12.7. The van der Waals surface area contributed by atoms with Crippen LogP contribution in [-0.2, 0) is 28.5 Å². The van der Waals surface area contributed by atoms with E-state index in [0.29, 0.717) is 77.7 Å². The number of hydrogen-bond donors (Lipinski definition) is 3. The molecule has 12 nitrogen and oxygen atoms in total. The van der Waals surface area contributed by atoms with E-state index < -0.39 is 11.9 Å². The van der Waals surface area contributed by atoms with Gasteiger partial charge in [-0.05, 0) is 25.6 Å². The van der Waals surface area contributed by atoms with Gasteiger partial charge in [0, 0.05) is 39.3 Å². The van der Waals surface area contributed by atoms with Crippen molar-refractivity contribution in [2.75, 3.05) is 92.4 Å². The highest BCUT2D eigenvalue weighted by molar-refractivity contribution is 6.05. The van der Waals surface area contributed by atoms with Gasteiger partial charge in [0.1, 0.15) is 12.3 Å². The zero-order chi connectivity index (χ0) is 28.0. The Bertz CT molecular complexity index is 839. The summed E-state index contributed by atoms with van der Waals surface area (Å²) in [7, 11) is 4.81. The SMILES string of the molecule is CNCCOCCOCCOCCOCCNc1cccc(C(=O)N(C)C(CCC=O)C(=O)NC)c1C=O. The highest BCUT2D eigenvalue weighted by Gasteiger charge is 2.28. The fourth-order valence-corrected chi connectivity index (χ4v) is 3.45. The smallest absolute Gasteiger partial charge is 0.255 e. The molecule has 0 fully saturated rings. The predicted octanol–water partition coefficient (Wildman–Crippen LogP) is 0.363. The molecule has 12 heteroatoms. The van der Waals surface area contributed by atoms with Crippen molar-refractivity contribution in [2.45, 2.75) is 18.9 Å². The van der Waals surface area contributed by atoms with Gasteiger partial charge in [-0.1, -0.05) is 6.07 Å². The monoisotopic (exact) mass is 538 g/mol. The summed E-state index contributed by atoms with van der Waals surface area (Å²) in [5.74, 6) is -0.877. The maximum absolute atomic E-state index is 13.1. The van der Waals surface area contributed by atoms with Crippen LogP contribution in [0.15, 0.2) is 18.2 Å². The Labute approximate surface area is 224 Å². The average molecular weight is 539 g/mol. The Hall–Kier alpha value is -2.90. The number of likely N-dealkylation sites (N-methyl/N-ethyl adjacent to an activating group) is 3. The maximum Gasteiger partial charge on any atom is 0.255 e. The van der Waals surface area contributed by atoms with Crippen molar-refractivity contribution in [1.82, 2.24) is 15.5 Å². The first-order valence-electron chi connectivity index (χ1n) is 12.7. The number of benzene rings is 1. The first-order chi connectivity index (χ1) is 18.5. The highest BCUT2D eigenvalue weighted by atomic mass is 16.6. The lowest BCUT2D eigenvalue weighted by Gasteiger charge is -2.27. The van der Waals surface area contributed by atoms with Crippen LogP contribution >= 0.6 is 0 Å². The van der Waals surface area contributed by atoms with Crippen molar-refractivity contribution in [3.63, 3.8) is 0 Å². The third-order valence-electron chi connectivity index (χ3n) is 5.52. The van der Waals surface area contributed by atoms with E-state index in [-0.39, 0.29) is 29.9 Å². The molecule has 38 heavy (non-hydrogen) atoms. The van der Waals surface area contributed by atoms with Crippen molar-refractivity contribution in [3.05, 3.63) is 29.3 Å². The predicted molar refractivity (Wildman–Crippen MR) is 143 cm³/mol. The molecule has 1 aromatic carbocycles. The maximum atomic E-state index is 13.1. The molecule has 214 valence electrons. The van der Waals surface area contributed by atoms with Gasteiger partial charge in [-0.2, -0.15) is 0 Å². The third kappa shape index (κ3) is 12.6. The van der Waals surface area contributed by atoms with Crippen LogP contribution in [0.3, 0.4) is 0 Å². The molecule has 0 radical (unpaired) electrons. The van der Waals surface area contributed by atoms with Crippen LogP contribution in [0.25, 0.3) is 0 Å². The molecule has 0 aliphatic rings. The summed E-state index contributed by atoms with van der Waals surface area (Å²) >= 11 is 0. The van der Waals surface area contributed by atoms with Gasteiger partial charge in [-0.25, -0.2) is 0 Å². The second-order valence-corrected chi connectivity index (χ2v) is 8.15. The number of anilines is 1. The van der Waals surface area contributed by atoms with E-state index in [2.05, 4.69) is 16.0 Å². The lowest BCUT2D eigenvalue weighted by molar-refractivity contribution is -0.125. The van der Waals surface area contributed by atoms with Gasteiger partial charge in [-0.3, -0.25) is 14.4 Å². The van der Waals surface area contributed by atoms with Crippen LogP contribution in [-0.4, -0.2) is 122 Å². The Balaban J connectivity index is 2.41. The molecular weight excluding hydrogens is 496 g/mol. The van der Waals surface area contributed by atoms with Crippen LogP contribution in [0.4, 0.5) is 5.69 Å². The highest BCUT2D eigenvalue weighted by Crippen LogP contribution is 2.21. The minimum atomic E-state index is -0.835. The molecule has 1 rings (SSSR count). The van der Waals surface area contributed by atoms with Gasteiger partial charge < -0.3 is 44.6 Å². The summed E-state index contributed by atoms with van der Waals surface area (Å²) in [4.78, 5) is 49.3. The largest absolute Gasteiger partial charge is 0.382 e. The molecule has 0 heterocycles. The fourth-order valence-electron chi connectivity index (χ4n) is 3.45. The molecule has 1 atom stereocenters. The quantitative estimate of drug-likeness (QED) is 0.132. The molecule has 0 saturated carbocycles. The van der Waals surface area contributed by atoms with Crippen molar-refractivity contribution >= 4 is 30.1 Å². The second-order valence-electron chi connectivity index (χ2n) is 8.15. The van der Waals surface area contributed by atoms with Crippen LogP contribution in [0.2, 0.25) is 0 Å². The van der Waals surface area contributed by atoms with Crippen LogP contribution in [0.5, 0.6) is 0 Å². The van der Waals surface area contributed by atoms with Gasteiger partial charge in [0.25, 0.3) is 5.91 Å². The number of nitrogens with zero attached hydrogens (tertiary/aromatic N) is 1. The number of carbonyl (C=O) groups excluding carboxylic acids is 4. The molecule has 2 amide bonds. The number of rotatable bonds is 23. The minimum Gasteiger partial charge on any atom is -0.382 e. The number of nitrogens with one attached hydrogen (secondary N) is 3. The summed E-state index contributed by atoms with van der Waals surface area (Å²) in [5, 5.41) is 8.62. The van der Waals surface area contributed by atoms with E-state index in [1.807, 2.05) is 7.05 Å². The standard InChI is InChI=1S/C26H42N4O8/c1-27-9-12-35-14-16-37-18-19-38-17-15-36-13-10-29-23-7-4-6-21(22(23)20-32)26(34)30(3)24(8-5-11-31)25(33)28-2/h4,6-7,11,20,24,27,29H,5,8-10,12-19H2,1-3H3,(H,28,33). The van der Waals surface area contributed by atoms with Gasteiger partial charge in [0.15, 0.2) is 6.29 Å². The van der Waals surface area contributed by atoms with Crippen LogP contribution in [0, 0.1) is 0 Å². The number of aldehydes is 2. The van der Waals surface area contributed by atoms with Gasteiger partial charge in [-0.15, -0.1) is 0 Å². The van der Waals surface area contributed by atoms with E-state index in [9.17, 15) is 19.2 Å². The summed E-state index contributed by atoms with van der Waals surface area (Å²) in [6.07, 6.45) is 1.61. The second kappa shape index (κ2) is 21.1. The number of ether oxygens (including phenoxy) is 4. The number of hydrogen-bond acceptors (Lipinski definition) is 10. The molecule has 0 saturated heterocycles. The van der Waals surface area contributed by atoms with E-state index >= 15 is 0 Å². The average Bonchev–Trinajstić information content (AvgIpc) is 2.94. The van der Waals surface area contributed by atoms with Crippen molar-refractivity contribution in [3.8, 4) is 0 Å². The van der Waals surface area contributed by atoms with Crippen molar-refractivity contribution in [1.29, 1.82) is 0 Å². The Morgan fingerprint density at radius 1 is 0.895 bits per heavy atom. The van der Waals surface area contributed by atoms with Gasteiger partial charge in [0.2, 0.25) is 5.91 Å². The lowest BCUT2D eigenvalue weighted by Crippen LogP contribution is -2.47. The molecule has 0 bridgehead atoms. The van der Waals surface area contributed by atoms with Gasteiger partial charge in [0.05, 0.1) is 64.0 Å². The zero-order valence-electron chi connectivity index (χ0n) is 22.7. The summed E-state index contributed by atoms with van der Waals surface area (Å²) < 4.78 is 21.8. The Morgan fingerprint density at radius 3 is 2.00 bits per heavy atom. The van der Waals surface area contributed by atoms with Crippen LogP contribution < -0.4 is 16.0 Å². The van der Waals surface area contributed by atoms with E-state index in [0.717, 1.165) is 6.54 Å². The normalized spacial score (nSPS) is 11.6. The number of amides is 2. The van der Waals surface area contributed by atoms with Crippen molar-refractivity contribution < 1.29 is 38.1 Å². The van der Waals surface area contributed by atoms with E-state index in [4.69, 9.17) is 18.9 Å². The summed E-state index contributed by atoms with van der Waals surface area (Å²) in [6, 6.07) is 4.04. The topological polar surface area (TPSA) is 145 Å². The van der Waals surface area contributed by atoms with E-state index in [1.54, 1.807) is 12.1 Å². The zero-order valence-corrected chi connectivity index (χ0v) is 22.7. The molecule has 1 aromatic rings. The first kappa shape index (κ1) is 33.1. The van der Waals surface area contributed by atoms with Gasteiger partial charge >= 0.3 is 0 Å². The molecule has 0 aliphatic carbocycles. The van der Waals surface area contributed by atoms with Crippen molar-refractivity contribution in [2.24, 2.45) is 0 Å². The molecule has 0 spiro atoms. The lowest BCUT2D eigenvalue weighted by atomic mass is 10.0. The molecule has 0 aliphatic heterocycles. The van der Waals surface area contributed by atoms with Crippen LogP contribution in [0.1, 0.15) is 33.6 Å². The third-order valence-corrected chi connectivity index (χ3v) is 5.52. The number of carbonyl (C=O) groups is 4. The molecular formula is C26H42N4O8. The molecule has 0 aromatic heterocycles. The Morgan fingerprint density at radius 2 is 1.47 bits per heavy atom. The molecule has 1 unspecified atom stereocenters. The Kier molecular flexibility index (Phi) is 18.4. The summed E-state index contributed by atoms with van der Waals surface area (Å²) in [5.41, 5.74) is 0.829. The summed E-state index contributed by atoms with van der Waals surface area (Å²) in [6.45, 7) is 5.09. The van der Waals surface area contributed by atoms with E-state index in [1.165, 1.54) is 25.1 Å². The fraction of sp³-hybridized carbons (Fsp3) is 0.615.